The van der Waals surface area contributed by atoms with Crippen molar-refractivity contribution < 1.29 is 0 Å². The monoisotopic (exact) mass is 136 g/mol. The predicted octanol–water partition coefficient (Wildman–Crippen LogP) is 2.83. The molecule has 0 aliphatic heterocycles. The van der Waals surface area contributed by atoms with Crippen LogP contribution < -0.4 is 0 Å². The highest BCUT2D eigenvalue weighted by molar-refractivity contribution is 5.13. The molecule has 0 radical (unpaired) electrons. The first-order chi connectivity index (χ1) is 4.81. The van der Waals surface area contributed by atoms with Crippen LogP contribution in [-0.2, 0) is 0 Å². The van der Waals surface area contributed by atoms with Gasteiger partial charge in [0.25, 0.3) is 0 Å². The normalized spacial score (nSPS) is 63.9. The topological polar surface area (TPSA) is 0 Å². The van der Waals surface area contributed by atoms with Gasteiger partial charge in [-0.25, -0.2) is 0 Å². The molecule has 0 heterocycles. The van der Waals surface area contributed by atoms with Crippen molar-refractivity contribution in [3.8, 4) is 0 Å². The molecule has 3 aliphatic carbocycles. The van der Waals surface area contributed by atoms with Gasteiger partial charge in [0.2, 0.25) is 0 Å². The second-order valence-electron chi connectivity index (χ2n) is 4.92. The molecule has 3 saturated carbocycles. The summed E-state index contributed by atoms with van der Waals surface area (Å²) in [5, 5.41) is 0. The standard InChI is InChI=1S/C10H16/c1-7-2-3-8-4-9-6-10(7,9)5-8/h7-9H,2-6H2,1H3. The zero-order chi connectivity index (χ0) is 6.77. The zero-order valence-electron chi connectivity index (χ0n) is 6.77. The van der Waals surface area contributed by atoms with Gasteiger partial charge >= 0.3 is 0 Å². The summed E-state index contributed by atoms with van der Waals surface area (Å²) in [6.45, 7) is 2.49. The van der Waals surface area contributed by atoms with Crippen LogP contribution in [-0.4, -0.2) is 0 Å². The van der Waals surface area contributed by atoms with Crippen molar-refractivity contribution >= 4 is 0 Å². The quantitative estimate of drug-likeness (QED) is 0.480. The summed E-state index contributed by atoms with van der Waals surface area (Å²) in [4.78, 5) is 0. The molecule has 1 spiro atoms. The molecule has 3 aliphatic rings. The Kier molecular flexibility index (Phi) is 0.810. The second kappa shape index (κ2) is 1.44. The summed E-state index contributed by atoms with van der Waals surface area (Å²) < 4.78 is 0. The fourth-order valence-corrected chi connectivity index (χ4v) is 3.79. The highest BCUT2D eigenvalue weighted by Crippen LogP contribution is 2.72. The van der Waals surface area contributed by atoms with Crippen molar-refractivity contribution in [3.63, 3.8) is 0 Å². The Hall–Kier alpha value is 0. The van der Waals surface area contributed by atoms with E-state index in [-0.39, 0.29) is 0 Å². The Morgan fingerprint density at radius 1 is 1.20 bits per heavy atom. The summed E-state index contributed by atoms with van der Waals surface area (Å²) in [7, 11) is 0. The third-order valence-electron chi connectivity index (χ3n) is 4.56. The minimum Gasteiger partial charge on any atom is -0.0620 e. The summed E-state index contributed by atoms with van der Waals surface area (Å²) in [6, 6.07) is 0. The van der Waals surface area contributed by atoms with E-state index in [4.69, 9.17) is 0 Å². The highest BCUT2D eigenvalue weighted by atomic mass is 14.7. The lowest BCUT2D eigenvalue weighted by atomic mass is 9.76. The predicted molar refractivity (Wildman–Crippen MR) is 41.7 cm³/mol. The van der Waals surface area contributed by atoms with Gasteiger partial charge in [0, 0.05) is 0 Å². The van der Waals surface area contributed by atoms with Gasteiger partial charge in [-0.3, -0.25) is 0 Å². The lowest BCUT2D eigenvalue weighted by Crippen LogP contribution is -2.19. The molecular weight excluding hydrogens is 120 g/mol. The van der Waals surface area contributed by atoms with Gasteiger partial charge < -0.3 is 0 Å². The van der Waals surface area contributed by atoms with Crippen LogP contribution in [0.15, 0.2) is 0 Å². The number of fused-ring (bicyclic) bond motifs is 1. The molecule has 0 aromatic rings. The van der Waals surface area contributed by atoms with Crippen LogP contribution >= 0.6 is 0 Å². The molecular formula is C10H16. The van der Waals surface area contributed by atoms with Crippen LogP contribution in [0.4, 0.5) is 0 Å². The maximum atomic E-state index is 2.49. The average Bonchev–Trinajstić information content (AvgIpc) is 2.50. The SMILES string of the molecule is CC1CCC2CC3CC13C2. The van der Waals surface area contributed by atoms with E-state index >= 15 is 0 Å². The lowest BCUT2D eigenvalue weighted by molar-refractivity contribution is 0.212. The van der Waals surface area contributed by atoms with E-state index in [0.29, 0.717) is 0 Å². The van der Waals surface area contributed by atoms with Crippen LogP contribution in [0.2, 0.25) is 0 Å². The molecule has 0 amide bonds. The molecule has 0 aromatic carbocycles. The molecule has 0 saturated heterocycles. The average molecular weight is 136 g/mol. The van der Waals surface area contributed by atoms with Crippen LogP contribution in [0.5, 0.6) is 0 Å². The van der Waals surface area contributed by atoms with Gasteiger partial charge in [0.1, 0.15) is 0 Å². The first-order valence-corrected chi connectivity index (χ1v) is 4.81. The summed E-state index contributed by atoms with van der Waals surface area (Å²) in [5.41, 5.74) is 0.920. The minimum absolute atomic E-state index is 0.920. The zero-order valence-corrected chi connectivity index (χ0v) is 6.77. The second-order valence-corrected chi connectivity index (χ2v) is 4.92. The van der Waals surface area contributed by atoms with Gasteiger partial charge in [0.15, 0.2) is 0 Å². The molecule has 0 nitrogen and oxygen atoms in total. The van der Waals surface area contributed by atoms with Crippen molar-refractivity contribution in [2.24, 2.45) is 23.2 Å². The van der Waals surface area contributed by atoms with Gasteiger partial charge in [-0.05, 0) is 48.9 Å². The van der Waals surface area contributed by atoms with E-state index in [1.54, 1.807) is 32.1 Å². The third kappa shape index (κ3) is 0.466. The van der Waals surface area contributed by atoms with Crippen molar-refractivity contribution in [1.29, 1.82) is 0 Å². The Balaban J connectivity index is 1.96. The van der Waals surface area contributed by atoms with Crippen LogP contribution in [0, 0.1) is 23.2 Å². The van der Waals surface area contributed by atoms with E-state index in [1.807, 2.05) is 0 Å². The van der Waals surface area contributed by atoms with Crippen molar-refractivity contribution in [1.82, 2.24) is 0 Å². The fraction of sp³-hybridized carbons (Fsp3) is 1.00. The Bertz CT molecular complexity index is 173. The molecule has 56 valence electrons. The Morgan fingerprint density at radius 2 is 2.10 bits per heavy atom. The Labute approximate surface area is 63.0 Å². The maximum Gasteiger partial charge on any atom is -0.0238 e. The third-order valence-corrected chi connectivity index (χ3v) is 4.56. The molecule has 0 heteroatoms. The summed E-state index contributed by atoms with van der Waals surface area (Å²) in [6.07, 6.45) is 7.91. The van der Waals surface area contributed by atoms with E-state index in [1.165, 1.54) is 5.92 Å². The first-order valence-electron chi connectivity index (χ1n) is 4.81. The Morgan fingerprint density at radius 3 is 2.90 bits per heavy atom. The molecule has 3 fully saturated rings. The van der Waals surface area contributed by atoms with Crippen molar-refractivity contribution in [3.05, 3.63) is 0 Å². The molecule has 4 unspecified atom stereocenters. The van der Waals surface area contributed by atoms with E-state index in [0.717, 1.165) is 17.3 Å². The van der Waals surface area contributed by atoms with Crippen LogP contribution in [0.3, 0.4) is 0 Å². The molecule has 10 heavy (non-hydrogen) atoms. The maximum absolute atomic E-state index is 2.49. The fourth-order valence-electron chi connectivity index (χ4n) is 3.79. The van der Waals surface area contributed by atoms with E-state index < -0.39 is 0 Å². The smallest absolute Gasteiger partial charge is 0.0238 e. The van der Waals surface area contributed by atoms with Crippen molar-refractivity contribution in [2.75, 3.05) is 0 Å². The van der Waals surface area contributed by atoms with Gasteiger partial charge in [0.05, 0.1) is 0 Å². The molecule has 4 atom stereocenters. The van der Waals surface area contributed by atoms with Crippen LogP contribution in [0.1, 0.15) is 39.0 Å². The number of hydrogen-bond acceptors (Lipinski definition) is 0. The lowest BCUT2D eigenvalue weighted by Gasteiger charge is -2.29. The summed E-state index contributed by atoms with van der Waals surface area (Å²) >= 11 is 0. The number of hydrogen-bond donors (Lipinski definition) is 0. The molecule has 0 N–H and O–H groups in total. The van der Waals surface area contributed by atoms with Crippen molar-refractivity contribution in [2.45, 2.75) is 39.0 Å². The molecule has 2 bridgehead atoms. The van der Waals surface area contributed by atoms with Gasteiger partial charge in [-0.1, -0.05) is 13.3 Å². The summed E-state index contributed by atoms with van der Waals surface area (Å²) in [5.74, 6) is 3.43. The molecule has 0 aromatic heterocycles. The largest absolute Gasteiger partial charge is 0.0620 e. The van der Waals surface area contributed by atoms with Gasteiger partial charge in [-0.2, -0.15) is 0 Å². The number of rotatable bonds is 0. The minimum atomic E-state index is 0.920. The molecule has 3 rings (SSSR count). The van der Waals surface area contributed by atoms with Crippen LogP contribution in [0.25, 0.3) is 0 Å². The van der Waals surface area contributed by atoms with E-state index in [9.17, 15) is 0 Å². The highest BCUT2D eigenvalue weighted by Gasteiger charge is 2.63. The first kappa shape index (κ1) is 5.62. The van der Waals surface area contributed by atoms with E-state index in [2.05, 4.69) is 6.92 Å². The van der Waals surface area contributed by atoms with Gasteiger partial charge in [-0.15, -0.1) is 0 Å².